The zero-order chi connectivity index (χ0) is 20.8. The van der Waals surface area contributed by atoms with Gasteiger partial charge in [0.1, 0.15) is 17.2 Å². The first-order valence-electron chi connectivity index (χ1n) is 9.37. The molecule has 4 rings (SSSR count). The van der Waals surface area contributed by atoms with E-state index in [2.05, 4.69) is 20.5 Å². The number of nitrogens with zero attached hydrogens (tertiary/aromatic N) is 2. The molecular weight excluding hydrogens is 380 g/mol. The van der Waals surface area contributed by atoms with Crippen LogP contribution in [-0.4, -0.2) is 28.2 Å². The van der Waals surface area contributed by atoms with E-state index in [4.69, 9.17) is 9.47 Å². The fraction of sp³-hybridized carbons (Fsp3) is 0.0870. The molecule has 150 valence electrons. The molecule has 0 atom stereocenters. The normalized spacial score (nSPS) is 10.4. The number of hydrogen-bond donors (Lipinski definition) is 2. The van der Waals surface area contributed by atoms with E-state index < -0.39 is 0 Å². The van der Waals surface area contributed by atoms with E-state index in [1.165, 1.54) is 0 Å². The van der Waals surface area contributed by atoms with Crippen molar-refractivity contribution in [1.82, 2.24) is 20.5 Å². The van der Waals surface area contributed by atoms with Crippen molar-refractivity contribution < 1.29 is 14.3 Å². The first kappa shape index (κ1) is 19.2. The van der Waals surface area contributed by atoms with Crippen LogP contribution in [0.4, 0.5) is 0 Å². The van der Waals surface area contributed by atoms with Crippen LogP contribution in [0.2, 0.25) is 0 Å². The van der Waals surface area contributed by atoms with E-state index in [1.54, 1.807) is 25.4 Å². The molecule has 4 aromatic rings. The quantitative estimate of drug-likeness (QED) is 0.485. The first-order valence-corrected chi connectivity index (χ1v) is 9.37. The van der Waals surface area contributed by atoms with Crippen molar-refractivity contribution in [3.8, 4) is 28.6 Å². The molecule has 0 aliphatic carbocycles. The van der Waals surface area contributed by atoms with Gasteiger partial charge in [-0.25, -0.2) is 4.98 Å². The summed E-state index contributed by atoms with van der Waals surface area (Å²) in [5.74, 6) is 1.66. The molecule has 0 radical (unpaired) electrons. The molecule has 2 aromatic carbocycles. The highest BCUT2D eigenvalue weighted by atomic mass is 16.5. The molecule has 1 amide bonds. The van der Waals surface area contributed by atoms with E-state index in [0.29, 0.717) is 23.9 Å². The standard InChI is InChI=1S/C23H20N4O3/c1-29-18-8-10-19(11-9-18)30-22-12-7-16(14-24-22)15-25-23(28)21-13-20(26-27-21)17-5-3-2-4-6-17/h2-14H,15H2,1H3,(H,25,28)(H,26,27). The Morgan fingerprint density at radius 3 is 2.47 bits per heavy atom. The zero-order valence-corrected chi connectivity index (χ0v) is 16.3. The highest BCUT2D eigenvalue weighted by molar-refractivity contribution is 5.93. The number of rotatable bonds is 7. The number of carbonyl (C=O) groups is 1. The lowest BCUT2D eigenvalue weighted by molar-refractivity contribution is 0.0946. The summed E-state index contributed by atoms with van der Waals surface area (Å²) < 4.78 is 10.8. The Balaban J connectivity index is 1.32. The number of benzene rings is 2. The van der Waals surface area contributed by atoms with Crippen LogP contribution < -0.4 is 14.8 Å². The number of H-pyrrole nitrogens is 1. The van der Waals surface area contributed by atoms with Gasteiger partial charge in [0, 0.05) is 24.4 Å². The summed E-state index contributed by atoms with van der Waals surface area (Å²) in [6.07, 6.45) is 1.67. The van der Waals surface area contributed by atoms with E-state index in [0.717, 1.165) is 22.6 Å². The second kappa shape index (κ2) is 8.91. The van der Waals surface area contributed by atoms with Crippen LogP contribution in [0.1, 0.15) is 16.1 Å². The van der Waals surface area contributed by atoms with Gasteiger partial charge in [-0.2, -0.15) is 5.10 Å². The van der Waals surface area contributed by atoms with Crippen molar-refractivity contribution in [2.45, 2.75) is 6.54 Å². The van der Waals surface area contributed by atoms with Crippen LogP contribution in [-0.2, 0) is 6.54 Å². The van der Waals surface area contributed by atoms with Crippen molar-refractivity contribution in [3.63, 3.8) is 0 Å². The third kappa shape index (κ3) is 4.64. The third-order valence-corrected chi connectivity index (χ3v) is 4.42. The number of ether oxygens (including phenoxy) is 2. The van der Waals surface area contributed by atoms with Crippen molar-refractivity contribution >= 4 is 5.91 Å². The Labute approximate surface area is 173 Å². The topological polar surface area (TPSA) is 89.1 Å². The predicted molar refractivity (Wildman–Crippen MR) is 112 cm³/mol. The first-order chi connectivity index (χ1) is 14.7. The molecule has 0 aliphatic heterocycles. The minimum Gasteiger partial charge on any atom is -0.497 e. The molecule has 7 heteroatoms. The monoisotopic (exact) mass is 400 g/mol. The van der Waals surface area contributed by atoms with Crippen LogP contribution in [0.15, 0.2) is 79.0 Å². The van der Waals surface area contributed by atoms with E-state index >= 15 is 0 Å². The maximum atomic E-state index is 12.4. The van der Waals surface area contributed by atoms with E-state index in [1.807, 2.05) is 60.7 Å². The molecule has 0 saturated carbocycles. The SMILES string of the molecule is COc1ccc(Oc2ccc(CNC(=O)c3cc(-c4ccccc4)n[nH]3)cn2)cc1. The Hall–Kier alpha value is -4.13. The van der Waals surface area contributed by atoms with Gasteiger partial charge < -0.3 is 14.8 Å². The number of amides is 1. The summed E-state index contributed by atoms with van der Waals surface area (Å²) in [6.45, 7) is 0.342. The molecule has 0 aliphatic rings. The number of carbonyl (C=O) groups excluding carboxylic acids is 1. The van der Waals surface area contributed by atoms with Crippen LogP contribution in [0.5, 0.6) is 17.4 Å². The minimum absolute atomic E-state index is 0.233. The summed E-state index contributed by atoms with van der Waals surface area (Å²) in [4.78, 5) is 16.7. The fourth-order valence-electron chi connectivity index (χ4n) is 2.81. The molecule has 0 spiro atoms. The second-order valence-corrected chi connectivity index (χ2v) is 6.50. The Morgan fingerprint density at radius 1 is 1.00 bits per heavy atom. The zero-order valence-electron chi connectivity index (χ0n) is 16.3. The number of pyridine rings is 1. The molecule has 7 nitrogen and oxygen atoms in total. The average Bonchev–Trinajstić information content (AvgIpc) is 3.30. The highest BCUT2D eigenvalue weighted by Crippen LogP contribution is 2.22. The van der Waals surface area contributed by atoms with Crippen molar-refractivity contribution in [2.75, 3.05) is 7.11 Å². The molecule has 2 heterocycles. The lowest BCUT2D eigenvalue weighted by Crippen LogP contribution is -2.23. The lowest BCUT2D eigenvalue weighted by atomic mass is 10.1. The smallest absolute Gasteiger partial charge is 0.269 e. The number of aromatic nitrogens is 3. The average molecular weight is 400 g/mol. The van der Waals surface area contributed by atoms with Crippen LogP contribution >= 0.6 is 0 Å². The molecule has 0 fully saturated rings. The van der Waals surface area contributed by atoms with E-state index in [-0.39, 0.29) is 5.91 Å². The Kier molecular flexibility index (Phi) is 5.70. The van der Waals surface area contributed by atoms with Gasteiger partial charge in [0.05, 0.1) is 12.8 Å². The van der Waals surface area contributed by atoms with Gasteiger partial charge in [0.2, 0.25) is 5.88 Å². The van der Waals surface area contributed by atoms with Gasteiger partial charge in [-0.3, -0.25) is 9.89 Å². The van der Waals surface area contributed by atoms with E-state index in [9.17, 15) is 4.79 Å². The van der Waals surface area contributed by atoms with Gasteiger partial charge >= 0.3 is 0 Å². The summed E-state index contributed by atoms with van der Waals surface area (Å²) in [5, 5.41) is 9.84. The van der Waals surface area contributed by atoms with Crippen LogP contribution in [0.25, 0.3) is 11.3 Å². The molecule has 2 aromatic heterocycles. The van der Waals surface area contributed by atoms with Crippen molar-refractivity contribution in [2.24, 2.45) is 0 Å². The highest BCUT2D eigenvalue weighted by Gasteiger charge is 2.11. The predicted octanol–water partition coefficient (Wildman–Crippen LogP) is 4.20. The van der Waals surface area contributed by atoms with Gasteiger partial charge in [0.15, 0.2) is 0 Å². The number of aromatic amines is 1. The van der Waals surface area contributed by atoms with Gasteiger partial charge in [-0.15, -0.1) is 0 Å². The van der Waals surface area contributed by atoms with Gasteiger partial charge in [0.25, 0.3) is 5.91 Å². The van der Waals surface area contributed by atoms with Gasteiger partial charge in [-0.05, 0) is 35.9 Å². The number of methoxy groups -OCH3 is 1. The largest absolute Gasteiger partial charge is 0.497 e. The van der Waals surface area contributed by atoms with Crippen LogP contribution in [0.3, 0.4) is 0 Å². The van der Waals surface area contributed by atoms with Crippen molar-refractivity contribution in [1.29, 1.82) is 0 Å². The Morgan fingerprint density at radius 2 is 1.77 bits per heavy atom. The molecule has 0 bridgehead atoms. The maximum absolute atomic E-state index is 12.4. The summed E-state index contributed by atoms with van der Waals surface area (Å²) in [6, 6.07) is 22.3. The van der Waals surface area contributed by atoms with Crippen molar-refractivity contribution in [3.05, 3.63) is 90.3 Å². The number of hydrogen-bond acceptors (Lipinski definition) is 5. The van der Waals surface area contributed by atoms with Gasteiger partial charge in [-0.1, -0.05) is 36.4 Å². The number of nitrogens with one attached hydrogen (secondary N) is 2. The lowest BCUT2D eigenvalue weighted by Gasteiger charge is -2.07. The Bertz CT molecular complexity index is 1110. The summed E-state index contributed by atoms with van der Waals surface area (Å²) in [7, 11) is 1.61. The molecule has 30 heavy (non-hydrogen) atoms. The third-order valence-electron chi connectivity index (χ3n) is 4.42. The summed E-state index contributed by atoms with van der Waals surface area (Å²) in [5.41, 5.74) is 2.93. The molecule has 0 unspecified atom stereocenters. The maximum Gasteiger partial charge on any atom is 0.269 e. The minimum atomic E-state index is -0.233. The second-order valence-electron chi connectivity index (χ2n) is 6.50. The molecule has 2 N–H and O–H groups in total. The fourth-order valence-corrected chi connectivity index (χ4v) is 2.81. The molecule has 0 saturated heterocycles. The van der Waals surface area contributed by atoms with Crippen LogP contribution in [0, 0.1) is 0 Å². The summed E-state index contributed by atoms with van der Waals surface area (Å²) >= 11 is 0. The molecular formula is C23H20N4O3.